The van der Waals surface area contributed by atoms with Crippen molar-refractivity contribution in [3.63, 3.8) is 0 Å². The molecule has 1 aromatic rings. The number of hydrogen-bond donors (Lipinski definition) is 2. The van der Waals surface area contributed by atoms with Gasteiger partial charge in [0, 0.05) is 24.5 Å². The van der Waals surface area contributed by atoms with Crippen molar-refractivity contribution in [1.29, 1.82) is 0 Å². The van der Waals surface area contributed by atoms with E-state index in [-0.39, 0.29) is 5.91 Å². The molecule has 140 valence electrons. The highest BCUT2D eigenvalue weighted by Crippen LogP contribution is 2.35. The number of hydrogen-bond acceptors (Lipinski definition) is 4. The number of amides is 1. The summed E-state index contributed by atoms with van der Waals surface area (Å²) in [6.07, 6.45) is 0.940. The highest BCUT2D eigenvalue weighted by atomic mass is 16.5. The number of rotatable bonds is 4. The SMILES string of the molecule is CC1=C(C)C[C@H](C(=O)Nc2ccc(N3CCOCC3)cc2)[C@@H](C(=O)O)C1. The molecule has 2 aliphatic rings. The number of carboxylic acids is 1. The van der Waals surface area contributed by atoms with Crippen molar-refractivity contribution in [2.45, 2.75) is 26.7 Å². The number of morpholine rings is 1. The number of carbonyl (C=O) groups is 2. The van der Waals surface area contributed by atoms with Crippen LogP contribution in [0.5, 0.6) is 0 Å². The Balaban J connectivity index is 1.67. The summed E-state index contributed by atoms with van der Waals surface area (Å²) < 4.78 is 5.36. The van der Waals surface area contributed by atoms with E-state index in [9.17, 15) is 14.7 Å². The van der Waals surface area contributed by atoms with E-state index in [4.69, 9.17) is 4.74 Å². The van der Waals surface area contributed by atoms with Gasteiger partial charge in [0.15, 0.2) is 0 Å². The van der Waals surface area contributed by atoms with Crippen LogP contribution in [0.25, 0.3) is 0 Å². The van der Waals surface area contributed by atoms with Crippen LogP contribution >= 0.6 is 0 Å². The first kappa shape index (κ1) is 18.5. The third-order valence-electron chi connectivity index (χ3n) is 5.43. The number of nitrogens with one attached hydrogen (secondary N) is 1. The number of nitrogens with zero attached hydrogens (tertiary/aromatic N) is 1. The zero-order valence-corrected chi connectivity index (χ0v) is 15.3. The normalized spacial score (nSPS) is 23.7. The van der Waals surface area contributed by atoms with E-state index in [1.807, 2.05) is 38.1 Å². The summed E-state index contributed by atoms with van der Waals surface area (Å²) in [5.41, 5.74) is 3.99. The molecule has 1 amide bonds. The summed E-state index contributed by atoms with van der Waals surface area (Å²) in [6.45, 7) is 7.10. The van der Waals surface area contributed by atoms with E-state index in [1.165, 1.54) is 0 Å². The number of benzene rings is 1. The van der Waals surface area contributed by atoms with E-state index in [2.05, 4.69) is 10.2 Å². The fraction of sp³-hybridized carbons (Fsp3) is 0.500. The molecule has 0 radical (unpaired) electrons. The Morgan fingerprint density at radius 3 is 2.19 bits per heavy atom. The minimum atomic E-state index is -0.903. The molecule has 6 nitrogen and oxygen atoms in total. The summed E-state index contributed by atoms with van der Waals surface area (Å²) in [7, 11) is 0. The molecule has 0 spiro atoms. The van der Waals surface area contributed by atoms with E-state index in [0.29, 0.717) is 18.5 Å². The fourth-order valence-corrected chi connectivity index (χ4v) is 3.64. The molecule has 1 fully saturated rings. The Morgan fingerprint density at radius 1 is 1.04 bits per heavy atom. The third kappa shape index (κ3) is 4.07. The molecule has 1 aliphatic heterocycles. The van der Waals surface area contributed by atoms with Gasteiger partial charge in [0.2, 0.25) is 5.91 Å². The first-order valence-electron chi connectivity index (χ1n) is 9.07. The van der Waals surface area contributed by atoms with Gasteiger partial charge in [0.05, 0.1) is 25.0 Å². The summed E-state index contributed by atoms with van der Waals surface area (Å²) in [4.78, 5) is 26.5. The highest BCUT2D eigenvalue weighted by Gasteiger charge is 2.37. The lowest BCUT2D eigenvalue weighted by Gasteiger charge is -2.30. The number of carbonyl (C=O) groups excluding carboxylic acids is 1. The van der Waals surface area contributed by atoms with Crippen LogP contribution in [0.2, 0.25) is 0 Å². The molecule has 0 aromatic heterocycles. The van der Waals surface area contributed by atoms with Crippen molar-refractivity contribution in [2.75, 3.05) is 36.5 Å². The zero-order chi connectivity index (χ0) is 18.7. The van der Waals surface area contributed by atoms with Crippen molar-refractivity contribution >= 4 is 23.3 Å². The third-order valence-corrected chi connectivity index (χ3v) is 5.43. The summed E-state index contributed by atoms with van der Waals surface area (Å²) in [5, 5.41) is 12.4. The molecule has 3 rings (SSSR count). The van der Waals surface area contributed by atoms with Gasteiger partial charge in [-0.2, -0.15) is 0 Å². The molecule has 1 aliphatic carbocycles. The van der Waals surface area contributed by atoms with Crippen LogP contribution < -0.4 is 10.2 Å². The van der Waals surface area contributed by atoms with Crippen molar-refractivity contribution in [3.8, 4) is 0 Å². The van der Waals surface area contributed by atoms with Gasteiger partial charge < -0.3 is 20.1 Å². The van der Waals surface area contributed by atoms with Crippen molar-refractivity contribution in [3.05, 3.63) is 35.4 Å². The maximum Gasteiger partial charge on any atom is 0.307 e. The molecular formula is C20H26N2O4. The minimum absolute atomic E-state index is 0.219. The van der Waals surface area contributed by atoms with E-state index in [1.54, 1.807) is 0 Å². The second-order valence-electron chi connectivity index (χ2n) is 7.16. The summed E-state index contributed by atoms with van der Waals surface area (Å²) in [5.74, 6) is -2.32. The maximum atomic E-state index is 12.7. The van der Waals surface area contributed by atoms with Crippen LogP contribution in [-0.2, 0) is 14.3 Å². The van der Waals surface area contributed by atoms with Crippen LogP contribution in [-0.4, -0.2) is 43.3 Å². The molecular weight excluding hydrogens is 332 g/mol. The van der Waals surface area contributed by atoms with Crippen molar-refractivity contribution in [1.82, 2.24) is 0 Å². The first-order valence-corrected chi connectivity index (χ1v) is 9.07. The second-order valence-corrected chi connectivity index (χ2v) is 7.16. The Bertz CT molecular complexity index is 705. The Hall–Kier alpha value is -2.34. The Kier molecular flexibility index (Phi) is 5.61. The molecule has 0 bridgehead atoms. The molecule has 1 aromatic carbocycles. The van der Waals surface area contributed by atoms with E-state index < -0.39 is 17.8 Å². The molecule has 0 saturated carbocycles. The number of anilines is 2. The van der Waals surface area contributed by atoms with Crippen molar-refractivity contribution < 1.29 is 19.4 Å². The maximum absolute atomic E-state index is 12.7. The lowest BCUT2D eigenvalue weighted by atomic mass is 9.76. The number of carboxylic acid groups (broad SMARTS) is 1. The monoisotopic (exact) mass is 358 g/mol. The lowest BCUT2D eigenvalue weighted by molar-refractivity contribution is -0.146. The second kappa shape index (κ2) is 7.91. The van der Waals surface area contributed by atoms with Gasteiger partial charge >= 0.3 is 5.97 Å². The molecule has 6 heteroatoms. The molecule has 0 unspecified atom stereocenters. The van der Waals surface area contributed by atoms with Crippen LogP contribution in [0, 0.1) is 11.8 Å². The predicted octanol–water partition coefficient (Wildman–Crippen LogP) is 2.91. The molecule has 1 heterocycles. The largest absolute Gasteiger partial charge is 0.481 e. The molecule has 1 saturated heterocycles. The van der Waals surface area contributed by atoms with E-state index >= 15 is 0 Å². The number of ether oxygens (including phenoxy) is 1. The standard InChI is InChI=1S/C20H26N2O4/c1-13-11-17(18(20(24)25)12-14(13)2)19(23)21-15-3-5-16(6-4-15)22-7-9-26-10-8-22/h3-6,17-18H,7-12H2,1-2H3,(H,21,23)(H,24,25)/t17-,18-/m0/s1. The van der Waals surface area contributed by atoms with Gasteiger partial charge in [-0.25, -0.2) is 0 Å². The van der Waals surface area contributed by atoms with Crippen LogP contribution in [0.4, 0.5) is 11.4 Å². The molecule has 26 heavy (non-hydrogen) atoms. The first-order chi connectivity index (χ1) is 12.5. The smallest absolute Gasteiger partial charge is 0.307 e. The summed E-state index contributed by atoms with van der Waals surface area (Å²) in [6, 6.07) is 7.70. The minimum Gasteiger partial charge on any atom is -0.481 e. The average molecular weight is 358 g/mol. The van der Waals surface area contributed by atoms with Gasteiger partial charge in [-0.3, -0.25) is 9.59 Å². The number of allylic oxidation sites excluding steroid dienone is 2. The number of aliphatic carboxylic acids is 1. The lowest BCUT2D eigenvalue weighted by Crippen LogP contribution is -2.36. The molecule has 2 atom stereocenters. The van der Waals surface area contributed by atoms with Crippen molar-refractivity contribution in [2.24, 2.45) is 11.8 Å². The Labute approximate surface area is 153 Å². The van der Waals surface area contributed by atoms with Crippen LogP contribution in [0.1, 0.15) is 26.7 Å². The predicted molar refractivity (Wildman–Crippen MR) is 100 cm³/mol. The van der Waals surface area contributed by atoms with Gasteiger partial charge in [0.1, 0.15) is 0 Å². The van der Waals surface area contributed by atoms with E-state index in [0.717, 1.165) is 43.1 Å². The highest BCUT2D eigenvalue weighted by molar-refractivity contribution is 5.95. The average Bonchev–Trinajstić information content (AvgIpc) is 2.64. The topological polar surface area (TPSA) is 78.9 Å². The van der Waals surface area contributed by atoms with Gasteiger partial charge in [-0.05, 0) is 51.0 Å². The van der Waals surface area contributed by atoms with Crippen LogP contribution in [0.15, 0.2) is 35.4 Å². The summed E-state index contributed by atoms with van der Waals surface area (Å²) >= 11 is 0. The van der Waals surface area contributed by atoms with Crippen LogP contribution in [0.3, 0.4) is 0 Å². The zero-order valence-electron chi connectivity index (χ0n) is 15.3. The van der Waals surface area contributed by atoms with Gasteiger partial charge in [0.25, 0.3) is 0 Å². The quantitative estimate of drug-likeness (QED) is 0.809. The Morgan fingerprint density at radius 2 is 1.62 bits per heavy atom. The fourth-order valence-electron chi connectivity index (χ4n) is 3.64. The van der Waals surface area contributed by atoms with Gasteiger partial charge in [-0.1, -0.05) is 11.1 Å². The molecule has 2 N–H and O–H groups in total. The van der Waals surface area contributed by atoms with Gasteiger partial charge in [-0.15, -0.1) is 0 Å².